The van der Waals surface area contributed by atoms with Crippen LogP contribution in [-0.2, 0) is 6.54 Å². The van der Waals surface area contributed by atoms with Gasteiger partial charge in [0.1, 0.15) is 4.88 Å². The second-order valence-electron chi connectivity index (χ2n) is 4.65. The number of thiophene rings is 1. The number of aliphatic hydroxyl groups excluding tert-OH is 1. The van der Waals surface area contributed by atoms with Gasteiger partial charge in [-0.05, 0) is 36.8 Å². The molecular weight excluding hydrogens is 238 g/mol. The van der Waals surface area contributed by atoms with Gasteiger partial charge in [0.15, 0.2) is 0 Å². The highest BCUT2D eigenvalue weighted by Gasteiger charge is 2.41. The quantitative estimate of drug-likeness (QED) is 0.693. The van der Waals surface area contributed by atoms with Crippen molar-refractivity contribution in [2.75, 3.05) is 13.2 Å². The van der Waals surface area contributed by atoms with Crippen molar-refractivity contribution >= 4 is 17.3 Å². The third-order valence-electron chi connectivity index (χ3n) is 3.27. The van der Waals surface area contributed by atoms with E-state index in [1.54, 1.807) is 6.07 Å². The first-order chi connectivity index (χ1) is 8.15. The fourth-order valence-electron chi connectivity index (χ4n) is 1.97. The predicted molar refractivity (Wildman–Crippen MR) is 66.4 cm³/mol. The summed E-state index contributed by atoms with van der Waals surface area (Å²) in [5.41, 5.74) is 0.307. The maximum absolute atomic E-state index is 10.7. The smallest absolute Gasteiger partial charge is 0.345 e. The molecule has 0 atom stereocenters. The standard InChI is InChI=1S/C12H17NO3S/c14-6-5-12(3-4-12)8-13-7-9-1-2-10(17-9)11(15)16/h1-2,13-14H,3-8H2,(H,15,16). The van der Waals surface area contributed by atoms with E-state index < -0.39 is 5.97 Å². The van der Waals surface area contributed by atoms with Crippen molar-refractivity contribution in [3.63, 3.8) is 0 Å². The van der Waals surface area contributed by atoms with Crippen LogP contribution in [0.3, 0.4) is 0 Å². The van der Waals surface area contributed by atoms with Crippen LogP contribution in [0.4, 0.5) is 0 Å². The van der Waals surface area contributed by atoms with Crippen molar-refractivity contribution in [1.29, 1.82) is 0 Å². The van der Waals surface area contributed by atoms with Gasteiger partial charge in [-0.1, -0.05) is 0 Å². The second-order valence-corrected chi connectivity index (χ2v) is 5.82. The van der Waals surface area contributed by atoms with E-state index in [-0.39, 0.29) is 6.61 Å². The number of carboxylic acid groups (broad SMARTS) is 1. The van der Waals surface area contributed by atoms with Crippen LogP contribution in [0.1, 0.15) is 33.8 Å². The summed E-state index contributed by atoms with van der Waals surface area (Å²) in [6.45, 7) is 1.88. The molecule has 0 unspecified atom stereocenters. The van der Waals surface area contributed by atoms with Crippen LogP contribution in [-0.4, -0.2) is 29.3 Å². The molecule has 1 fully saturated rings. The van der Waals surface area contributed by atoms with Crippen molar-refractivity contribution < 1.29 is 15.0 Å². The van der Waals surface area contributed by atoms with Crippen molar-refractivity contribution in [2.45, 2.75) is 25.8 Å². The Morgan fingerprint density at radius 2 is 2.24 bits per heavy atom. The fourth-order valence-corrected chi connectivity index (χ4v) is 2.78. The highest BCUT2D eigenvalue weighted by Crippen LogP contribution is 2.47. The van der Waals surface area contributed by atoms with E-state index >= 15 is 0 Å². The molecule has 3 N–H and O–H groups in total. The highest BCUT2D eigenvalue weighted by molar-refractivity contribution is 7.13. The SMILES string of the molecule is O=C(O)c1ccc(CNCC2(CCO)CC2)s1. The molecule has 0 spiro atoms. The first-order valence-corrected chi connectivity index (χ1v) is 6.60. The molecule has 1 heterocycles. The molecule has 0 aromatic carbocycles. The Morgan fingerprint density at radius 3 is 2.76 bits per heavy atom. The lowest BCUT2D eigenvalue weighted by Gasteiger charge is -2.13. The number of carboxylic acids is 1. The summed E-state index contributed by atoms with van der Waals surface area (Å²) in [5, 5.41) is 21.1. The lowest BCUT2D eigenvalue weighted by Crippen LogP contribution is -2.24. The van der Waals surface area contributed by atoms with E-state index in [1.165, 1.54) is 24.2 Å². The van der Waals surface area contributed by atoms with Crippen LogP contribution < -0.4 is 5.32 Å². The summed E-state index contributed by atoms with van der Waals surface area (Å²) < 4.78 is 0. The largest absolute Gasteiger partial charge is 0.477 e. The predicted octanol–water partition coefficient (Wildman–Crippen LogP) is 1.70. The molecule has 0 saturated heterocycles. The van der Waals surface area contributed by atoms with Crippen molar-refractivity contribution in [3.05, 3.63) is 21.9 Å². The minimum atomic E-state index is -0.861. The molecule has 17 heavy (non-hydrogen) atoms. The maximum Gasteiger partial charge on any atom is 0.345 e. The molecule has 0 radical (unpaired) electrons. The summed E-state index contributed by atoms with van der Waals surface area (Å²) in [7, 11) is 0. The molecule has 1 aliphatic carbocycles. The summed E-state index contributed by atoms with van der Waals surface area (Å²) >= 11 is 1.31. The average Bonchev–Trinajstić information content (AvgIpc) is 2.88. The average molecular weight is 255 g/mol. The summed E-state index contributed by atoms with van der Waals surface area (Å²) in [4.78, 5) is 12.1. The van der Waals surface area contributed by atoms with E-state index in [2.05, 4.69) is 5.32 Å². The molecule has 4 nitrogen and oxygen atoms in total. The second kappa shape index (κ2) is 5.16. The minimum Gasteiger partial charge on any atom is -0.477 e. The molecule has 0 amide bonds. The van der Waals surface area contributed by atoms with Crippen LogP contribution in [0.5, 0.6) is 0 Å². The zero-order chi connectivity index (χ0) is 12.3. The molecule has 2 rings (SSSR count). The van der Waals surface area contributed by atoms with E-state index in [0.717, 1.165) is 17.8 Å². The fraction of sp³-hybridized carbons (Fsp3) is 0.583. The first-order valence-electron chi connectivity index (χ1n) is 5.79. The molecule has 1 aromatic heterocycles. The van der Waals surface area contributed by atoms with Gasteiger partial charge in [0.2, 0.25) is 0 Å². The maximum atomic E-state index is 10.7. The Balaban J connectivity index is 1.76. The summed E-state index contributed by atoms with van der Waals surface area (Å²) in [5.74, 6) is -0.861. The van der Waals surface area contributed by atoms with Crippen LogP contribution in [0.15, 0.2) is 12.1 Å². The Labute approximate surface area is 104 Å². The molecule has 94 valence electrons. The van der Waals surface area contributed by atoms with Crippen LogP contribution in [0.25, 0.3) is 0 Å². The number of aliphatic hydroxyl groups is 1. The summed E-state index contributed by atoms with van der Waals surface area (Å²) in [6, 6.07) is 3.50. The number of rotatable bonds is 7. The van der Waals surface area contributed by atoms with Gasteiger partial charge in [-0.25, -0.2) is 4.79 Å². The Hall–Kier alpha value is -0.910. The Kier molecular flexibility index (Phi) is 3.81. The lowest BCUT2D eigenvalue weighted by molar-refractivity contribution is 0.0702. The van der Waals surface area contributed by atoms with Crippen molar-refractivity contribution in [2.24, 2.45) is 5.41 Å². The van der Waals surface area contributed by atoms with Gasteiger partial charge in [0, 0.05) is 24.6 Å². The third kappa shape index (κ3) is 3.28. The number of nitrogens with one attached hydrogen (secondary N) is 1. The van der Waals surface area contributed by atoms with E-state index in [1.807, 2.05) is 6.07 Å². The topological polar surface area (TPSA) is 69.6 Å². The van der Waals surface area contributed by atoms with Gasteiger partial charge >= 0.3 is 5.97 Å². The molecule has 1 aromatic rings. The van der Waals surface area contributed by atoms with Gasteiger partial charge in [-0.15, -0.1) is 11.3 Å². The molecule has 1 aliphatic rings. The number of carbonyl (C=O) groups is 1. The molecule has 0 bridgehead atoms. The van der Waals surface area contributed by atoms with Crippen molar-refractivity contribution in [3.8, 4) is 0 Å². The highest BCUT2D eigenvalue weighted by atomic mass is 32.1. The molecule has 0 aliphatic heterocycles. The molecule has 5 heteroatoms. The van der Waals surface area contributed by atoms with Gasteiger partial charge in [0.25, 0.3) is 0 Å². The lowest BCUT2D eigenvalue weighted by atomic mass is 10.0. The van der Waals surface area contributed by atoms with Gasteiger partial charge in [-0.2, -0.15) is 0 Å². The van der Waals surface area contributed by atoms with E-state index in [4.69, 9.17) is 10.2 Å². The zero-order valence-electron chi connectivity index (χ0n) is 9.61. The van der Waals surface area contributed by atoms with E-state index in [9.17, 15) is 4.79 Å². The molecular formula is C12H17NO3S. The monoisotopic (exact) mass is 255 g/mol. The van der Waals surface area contributed by atoms with Crippen LogP contribution in [0, 0.1) is 5.41 Å². The minimum absolute atomic E-state index is 0.254. The zero-order valence-corrected chi connectivity index (χ0v) is 10.4. The summed E-state index contributed by atoms with van der Waals surface area (Å²) in [6.07, 6.45) is 3.24. The van der Waals surface area contributed by atoms with Crippen molar-refractivity contribution in [1.82, 2.24) is 5.32 Å². The van der Waals surface area contributed by atoms with Crippen LogP contribution in [0.2, 0.25) is 0 Å². The van der Waals surface area contributed by atoms with Gasteiger partial charge < -0.3 is 15.5 Å². The van der Waals surface area contributed by atoms with E-state index in [0.29, 0.717) is 16.8 Å². The third-order valence-corrected chi connectivity index (χ3v) is 4.34. The Bertz CT molecular complexity index is 398. The normalized spacial score (nSPS) is 17.0. The number of aromatic carboxylic acids is 1. The van der Waals surface area contributed by atoms with Gasteiger partial charge in [-0.3, -0.25) is 0 Å². The molecule has 1 saturated carbocycles. The number of hydrogen-bond donors (Lipinski definition) is 3. The van der Waals surface area contributed by atoms with Crippen LogP contribution >= 0.6 is 11.3 Å². The first kappa shape index (κ1) is 12.5. The van der Waals surface area contributed by atoms with Gasteiger partial charge in [0.05, 0.1) is 0 Å². The Morgan fingerprint density at radius 1 is 1.47 bits per heavy atom. The number of hydrogen-bond acceptors (Lipinski definition) is 4.